The molecule has 1 aliphatic carbocycles. The summed E-state index contributed by atoms with van der Waals surface area (Å²) < 4.78 is 0. The lowest BCUT2D eigenvalue weighted by Gasteiger charge is -2.29. The van der Waals surface area contributed by atoms with E-state index in [1.165, 1.54) is 5.56 Å². The van der Waals surface area contributed by atoms with E-state index in [2.05, 4.69) is 33.4 Å². The van der Waals surface area contributed by atoms with E-state index in [-0.39, 0.29) is 48.4 Å². The molecule has 0 bridgehead atoms. The fraction of sp³-hybridized carbons (Fsp3) is 0.516. The van der Waals surface area contributed by atoms with Crippen molar-refractivity contribution in [3.8, 4) is 0 Å². The van der Waals surface area contributed by atoms with Gasteiger partial charge in [-0.15, -0.1) is 0 Å². The van der Waals surface area contributed by atoms with Gasteiger partial charge in [0, 0.05) is 25.6 Å². The van der Waals surface area contributed by atoms with E-state index in [1.54, 1.807) is 0 Å². The van der Waals surface area contributed by atoms with Gasteiger partial charge in [-0.3, -0.25) is 25.0 Å². The molecule has 5 atom stereocenters. The molecule has 2 saturated heterocycles. The number of rotatable bonds is 11. The lowest BCUT2D eigenvalue weighted by atomic mass is 10.0. The van der Waals surface area contributed by atoms with Gasteiger partial charge in [0.1, 0.15) is 6.04 Å². The van der Waals surface area contributed by atoms with E-state index in [0.717, 1.165) is 44.2 Å². The van der Waals surface area contributed by atoms with Gasteiger partial charge in [-0.05, 0) is 56.1 Å². The smallest absolute Gasteiger partial charge is 0.243 e. The summed E-state index contributed by atoms with van der Waals surface area (Å²) >= 11 is 0. The third kappa shape index (κ3) is 7.46. The van der Waals surface area contributed by atoms with E-state index in [1.807, 2.05) is 60.4 Å². The monoisotopic (exact) mass is 531 g/mol. The Morgan fingerprint density at radius 3 is 2.41 bits per heavy atom. The van der Waals surface area contributed by atoms with Crippen LogP contribution < -0.4 is 21.3 Å². The zero-order chi connectivity index (χ0) is 27.2. The summed E-state index contributed by atoms with van der Waals surface area (Å²) in [5.41, 5.74) is 2.38. The Morgan fingerprint density at radius 2 is 1.69 bits per heavy atom. The van der Waals surface area contributed by atoms with Crippen LogP contribution in [0.3, 0.4) is 0 Å². The predicted molar refractivity (Wildman–Crippen MR) is 150 cm³/mol. The molecule has 0 spiro atoms. The SMILES string of the molecule is C[C@H](NC(=O)[C@H](CC(=O)N1CCC[C@@H]1c1ccccc1)NC(=O)CC1CC1)C1NCC(Cc2ccccc2)N1. The maximum Gasteiger partial charge on any atom is 0.243 e. The second kappa shape index (κ2) is 12.7. The van der Waals surface area contributed by atoms with Gasteiger partial charge in [0.25, 0.3) is 0 Å². The summed E-state index contributed by atoms with van der Waals surface area (Å²) in [5, 5.41) is 13.0. The highest BCUT2D eigenvalue weighted by molar-refractivity contribution is 5.92. The number of hydrogen-bond acceptors (Lipinski definition) is 5. The first kappa shape index (κ1) is 27.3. The minimum Gasteiger partial charge on any atom is -0.349 e. The van der Waals surface area contributed by atoms with E-state index in [0.29, 0.717) is 18.9 Å². The first-order valence-electron chi connectivity index (χ1n) is 14.4. The predicted octanol–water partition coefficient (Wildman–Crippen LogP) is 2.66. The van der Waals surface area contributed by atoms with Crippen LogP contribution in [0.5, 0.6) is 0 Å². The second-order valence-electron chi connectivity index (χ2n) is 11.4. The van der Waals surface area contributed by atoms with Crippen LogP contribution >= 0.6 is 0 Å². The summed E-state index contributed by atoms with van der Waals surface area (Å²) in [5.74, 6) is -0.163. The average Bonchev–Trinajstić information content (AvgIpc) is 3.40. The van der Waals surface area contributed by atoms with Crippen molar-refractivity contribution in [2.45, 2.75) is 82.2 Å². The molecule has 2 aromatic rings. The number of carbonyl (C=O) groups excluding carboxylic acids is 3. The molecule has 0 radical (unpaired) electrons. The normalized spacial score (nSPS) is 24.2. The fourth-order valence-corrected chi connectivity index (χ4v) is 5.83. The Kier molecular flexibility index (Phi) is 8.94. The Hall–Kier alpha value is -3.23. The van der Waals surface area contributed by atoms with Crippen LogP contribution in [-0.4, -0.2) is 60.0 Å². The Morgan fingerprint density at radius 1 is 0.974 bits per heavy atom. The quantitative estimate of drug-likeness (QED) is 0.357. The molecule has 8 nitrogen and oxygen atoms in total. The molecule has 3 amide bonds. The molecule has 3 aliphatic rings. The molecule has 5 rings (SSSR count). The number of nitrogens with one attached hydrogen (secondary N) is 4. The molecule has 2 unspecified atom stereocenters. The molecule has 2 heterocycles. The van der Waals surface area contributed by atoms with Crippen LogP contribution in [0.1, 0.15) is 62.6 Å². The van der Waals surface area contributed by atoms with E-state index in [9.17, 15) is 14.4 Å². The van der Waals surface area contributed by atoms with Gasteiger partial charge in [0.2, 0.25) is 17.7 Å². The van der Waals surface area contributed by atoms with Gasteiger partial charge in [0.05, 0.1) is 24.7 Å². The third-order valence-electron chi connectivity index (χ3n) is 8.15. The van der Waals surface area contributed by atoms with Gasteiger partial charge in [-0.25, -0.2) is 0 Å². The first-order valence-corrected chi connectivity index (χ1v) is 14.4. The van der Waals surface area contributed by atoms with Crippen molar-refractivity contribution in [3.63, 3.8) is 0 Å². The van der Waals surface area contributed by atoms with Gasteiger partial charge in [-0.1, -0.05) is 60.7 Å². The molecule has 2 aliphatic heterocycles. The Balaban J connectivity index is 1.20. The maximum atomic E-state index is 13.5. The molecule has 4 N–H and O–H groups in total. The van der Waals surface area contributed by atoms with Crippen LogP contribution in [0.15, 0.2) is 60.7 Å². The van der Waals surface area contributed by atoms with Crippen molar-refractivity contribution >= 4 is 17.7 Å². The zero-order valence-corrected chi connectivity index (χ0v) is 22.8. The standard InChI is InChI=1S/C31H41N5O3/c1-21(30-32-20-25(34-30)17-22-9-4-2-5-10-22)33-31(39)26(35-28(37)18-23-14-15-23)19-29(38)36-16-8-13-27(36)24-11-6-3-7-12-24/h2-7,9-12,21,23,25-27,30,32,34H,8,13-20H2,1H3,(H,33,39)(H,35,37)/t21-,25?,26-,27+,30?/m0/s1. The van der Waals surface area contributed by atoms with Crippen molar-refractivity contribution in [2.24, 2.45) is 5.92 Å². The number of benzene rings is 2. The number of amides is 3. The Bertz CT molecular complexity index is 1120. The van der Waals surface area contributed by atoms with Crippen molar-refractivity contribution in [2.75, 3.05) is 13.1 Å². The van der Waals surface area contributed by atoms with Gasteiger partial charge < -0.3 is 15.5 Å². The van der Waals surface area contributed by atoms with E-state index >= 15 is 0 Å². The topological polar surface area (TPSA) is 103 Å². The number of likely N-dealkylation sites (tertiary alicyclic amines) is 1. The summed E-state index contributed by atoms with van der Waals surface area (Å²) in [6, 6.07) is 19.5. The molecule has 2 aromatic carbocycles. The van der Waals surface area contributed by atoms with Crippen molar-refractivity contribution < 1.29 is 14.4 Å². The van der Waals surface area contributed by atoms with Crippen LogP contribution in [-0.2, 0) is 20.8 Å². The van der Waals surface area contributed by atoms with Gasteiger partial charge in [0.15, 0.2) is 0 Å². The summed E-state index contributed by atoms with van der Waals surface area (Å²) in [6.45, 7) is 3.41. The third-order valence-corrected chi connectivity index (χ3v) is 8.15. The summed E-state index contributed by atoms with van der Waals surface area (Å²) in [4.78, 5) is 41.5. The van der Waals surface area contributed by atoms with Crippen molar-refractivity contribution in [3.05, 3.63) is 71.8 Å². The van der Waals surface area contributed by atoms with Crippen LogP contribution in [0.4, 0.5) is 0 Å². The van der Waals surface area contributed by atoms with Crippen LogP contribution in [0, 0.1) is 5.92 Å². The van der Waals surface area contributed by atoms with Crippen molar-refractivity contribution in [1.82, 2.24) is 26.2 Å². The highest BCUT2D eigenvalue weighted by atomic mass is 16.2. The highest BCUT2D eigenvalue weighted by Gasteiger charge is 2.35. The van der Waals surface area contributed by atoms with E-state index < -0.39 is 6.04 Å². The molecule has 1 saturated carbocycles. The first-order chi connectivity index (χ1) is 19.0. The molecular weight excluding hydrogens is 490 g/mol. The van der Waals surface area contributed by atoms with Crippen LogP contribution in [0.25, 0.3) is 0 Å². The van der Waals surface area contributed by atoms with Gasteiger partial charge in [-0.2, -0.15) is 0 Å². The van der Waals surface area contributed by atoms with Crippen molar-refractivity contribution in [1.29, 1.82) is 0 Å². The maximum absolute atomic E-state index is 13.5. The average molecular weight is 532 g/mol. The molecule has 208 valence electrons. The highest BCUT2D eigenvalue weighted by Crippen LogP contribution is 2.33. The Labute approximate surface area is 231 Å². The number of hydrogen-bond donors (Lipinski definition) is 4. The van der Waals surface area contributed by atoms with Crippen LogP contribution in [0.2, 0.25) is 0 Å². The molecular formula is C31H41N5O3. The van der Waals surface area contributed by atoms with Gasteiger partial charge >= 0.3 is 0 Å². The second-order valence-corrected chi connectivity index (χ2v) is 11.4. The lowest BCUT2D eigenvalue weighted by molar-refractivity contribution is -0.137. The number of carbonyl (C=O) groups is 3. The lowest BCUT2D eigenvalue weighted by Crippen LogP contribution is -2.56. The fourth-order valence-electron chi connectivity index (χ4n) is 5.83. The van der Waals surface area contributed by atoms with E-state index in [4.69, 9.17) is 0 Å². The molecule has 3 fully saturated rings. The molecule has 39 heavy (non-hydrogen) atoms. The molecule has 0 aromatic heterocycles. The number of nitrogens with zero attached hydrogens (tertiary/aromatic N) is 1. The molecule has 8 heteroatoms. The zero-order valence-electron chi connectivity index (χ0n) is 22.8. The summed E-state index contributed by atoms with van der Waals surface area (Å²) in [7, 11) is 0. The minimum atomic E-state index is -0.898. The largest absolute Gasteiger partial charge is 0.349 e. The summed E-state index contributed by atoms with van der Waals surface area (Å²) in [6.07, 6.45) is 5.11. The minimum absolute atomic E-state index is 0.0111.